The average molecular weight is 452 g/mol. The number of likely N-dealkylation sites (tertiary alicyclic amines) is 1. The fraction of sp³-hybridized carbons (Fsp3) is 0.714. The van der Waals surface area contributed by atoms with E-state index in [0.717, 1.165) is 37.2 Å². The van der Waals surface area contributed by atoms with E-state index in [1.807, 2.05) is 6.20 Å². The molecule has 5 heteroatoms. The summed E-state index contributed by atoms with van der Waals surface area (Å²) in [7, 11) is 0. The molecule has 0 saturated carbocycles. The molecule has 0 radical (unpaired) electrons. The quantitative estimate of drug-likeness (QED) is 0.487. The lowest BCUT2D eigenvalue weighted by molar-refractivity contribution is 0.182. The van der Waals surface area contributed by atoms with Crippen LogP contribution >= 0.6 is 0 Å². The predicted octanol–water partition coefficient (Wildman–Crippen LogP) is 6.06. The van der Waals surface area contributed by atoms with Crippen LogP contribution in [-0.4, -0.2) is 53.6 Å². The Hall–Kier alpha value is -1.88. The van der Waals surface area contributed by atoms with Gasteiger partial charge in [0.25, 0.3) is 0 Å². The first-order chi connectivity index (χ1) is 16.2. The van der Waals surface area contributed by atoms with Crippen LogP contribution in [0.2, 0.25) is 0 Å². The molecular weight excluding hydrogens is 406 g/mol. The van der Waals surface area contributed by atoms with Gasteiger partial charge in [0.15, 0.2) is 0 Å². The molecule has 4 rings (SSSR count). The van der Waals surface area contributed by atoms with Crippen LogP contribution in [0.15, 0.2) is 36.1 Å². The Morgan fingerprint density at radius 3 is 2.55 bits per heavy atom. The predicted molar refractivity (Wildman–Crippen MR) is 140 cm³/mol. The fourth-order valence-electron chi connectivity index (χ4n) is 5.49. The van der Waals surface area contributed by atoms with Crippen molar-refractivity contribution in [1.82, 2.24) is 14.9 Å². The molecule has 0 amide bonds. The molecule has 1 aliphatic carbocycles. The maximum atomic E-state index is 4.86. The summed E-state index contributed by atoms with van der Waals surface area (Å²) < 4.78 is 0. The lowest BCUT2D eigenvalue weighted by atomic mass is 9.87. The van der Waals surface area contributed by atoms with Crippen LogP contribution in [0.5, 0.6) is 0 Å². The van der Waals surface area contributed by atoms with E-state index >= 15 is 0 Å². The largest absolute Gasteiger partial charge is 0.356 e. The first kappa shape index (κ1) is 24.3. The van der Waals surface area contributed by atoms with E-state index in [1.165, 1.54) is 77.4 Å². The molecule has 1 unspecified atom stereocenters. The van der Waals surface area contributed by atoms with Gasteiger partial charge in [0.2, 0.25) is 5.95 Å². The van der Waals surface area contributed by atoms with Crippen LogP contribution in [-0.2, 0) is 0 Å². The van der Waals surface area contributed by atoms with Crippen molar-refractivity contribution in [3.05, 3.63) is 36.1 Å². The number of hydrogen-bond acceptors (Lipinski definition) is 5. The SMILES string of the molecule is CC(C)C=CCC1=CCC(CN2CCC(Nc3nccc(N4CCCCCC4)n3)CC2)CC1. The molecule has 1 atom stereocenters. The molecular formula is C28H45N5. The van der Waals surface area contributed by atoms with Crippen LogP contribution in [0, 0.1) is 11.8 Å². The van der Waals surface area contributed by atoms with Crippen LogP contribution in [0.4, 0.5) is 11.8 Å². The molecule has 1 aromatic heterocycles. The van der Waals surface area contributed by atoms with Gasteiger partial charge in [-0.1, -0.05) is 50.5 Å². The van der Waals surface area contributed by atoms with Gasteiger partial charge in [-0.2, -0.15) is 4.98 Å². The zero-order valence-corrected chi connectivity index (χ0v) is 21.0. The topological polar surface area (TPSA) is 44.3 Å². The Kier molecular flexibility index (Phi) is 9.22. The first-order valence-corrected chi connectivity index (χ1v) is 13.6. The van der Waals surface area contributed by atoms with E-state index in [2.05, 4.69) is 58.2 Å². The van der Waals surface area contributed by atoms with Gasteiger partial charge < -0.3 is 15.1 Å². The van der Waals surface area contributed by atoms with E-state index in [1.54, 1.807) is 5.57 Å². The van der Waals surface area contributed by atoms with Crippen molar-refractivity contribution in [3.63, 3.8) is 0 Å². The number of rotatable bonds is 8. The maximum Gasteiger partial charge on any atom is 0.224 e. The molecule has 0 spiro atoms. The lowest BCUT2D eigenvalue weighted by Crippen LogP contribution is -2.41. The number of piperidine rings is 1. The summed E-state index contributed by atoms with van der Waals surface area (Å²) in [5.41, 5.74) is 1.65. The number of anilines is 2. The number of nitrogens with zero attached hydrogens (tertiary/aromatic N) is 4. The van der Waals surface area contributed by atoms with Crippen molar-refractivity contribution >= 4 is 11.8 Å². The highest BCUT2D eigenvalue weighted by molar-refractivity contribution is 5.43. The second-order valence-electron chi connectivity index (χ2n) is 10.7. The van der Waals surface area contributed by atoms with E-state index in [9.17, 15) is 0 Å². The third-order valence-electron chi connectivity index (χ3n) is 7.52. The van der Waals surface area contributed by atoms with Gasteiger partial charge in [-0.15, -0.1) is 0 Å². The smallest absolute Gasteiger partial charge is 0.224 e. The number of aromatic nitrogens is 2. The Balaban J connectivity index is 1.18. The molecule has 0 bridgehead atoms. The van der Waals surface area contributed by atoms with Gasteiger partial charge >= 0.3 is 0 Å². The zero-order chi connectivity index (χ0) is 22.9. The van der Waals surface area contributed by atoms with Gasteiger partial charge in [-0.3, -0.25) is 0 Å². The van der Waals surface area contributed by atoms with E-state index in [-0.39, 0.29) is 0 Å². The Labute approximate surface area is 201 Å². The van der Waals surface area contributed by atoms with Gasteiger partial charge in [-0.25, -0.2) is 4.98 Å². The third kappa shape index (κ3) is 7.84. The number of hydrogen-bond donors (Lipinski definition) is 1. The molecule has 33 heavy (non-hydrogen) atoms. The second kappa shape index (κ2) is 12.5. The highest BCUT2D eigenvalue weighted by Gasteiger charge is 2.23. The maximum absolute atomic E-state index is 4.86. The molecule has 1 N–H and O–H groups in total. The summed E-state index contributed by atoms with van der Waals surface area (Å²) in [5.74, 6) is 3.40. The minimum atomic E-state index is 0.492. The van der Waals surface area contributed by atoms with Crippen molar-refractivity contribution in [3.8, 4) is 0 Å². The molecule has 5 nitrogen and oxygen atoms in total. The summed E-state index contributed by atoms with van der Waals surface area (Å²) in [6, 6.07) is 2.57. The third-order valence-corrected chi connectivity index (χ3v) is 7.52. The van der Waals surface area contributed by atoms with E-state index in [0.29, 0.717) is 12.0 Å². The fourth-order valence-corrected chi connectivity index (χ4v) is 5.49. The van der Waals surface area contributed by atoms with Crippen molar-refractivity contribution in [2.75, 3.05) is 42.9 Å². The van der Waals surface area contributed by atoms with Crippen molar-refractivity contribution in [2.45, 2.75) is 84.1 Å². The molecule has 2 fully saturated rings. The van der Waals surface area contributed by atoms with Gasteiger partial charge in [0.05, 0.1) is 0 Å². The Bertz CT molecular complexity index is 770. The number of allylic oxidation sites excluding steroid dienone is 4. The van der Waals surface area contributed by atoms with E-state index < -0.39 is 0 Å². The Morgan fingerprint density at radius 2 is 1.85 bits per heavy atom. The van der Waals surface area contributed by atoms with E-state index in [4.69, 9.17) is 4.98 Å². The summed E-state index contributed by atoms with van der Waals surface area (Å²) in [4.78, 5) is 14.5. The molecule has 182 valence electrons. The van der Waals surface area contributed by atoms with Gasteiger partial charge in [0, 0.05) is 45.0 Å². The summed E-state index contributed by atoms with van der Waals surface area (Å²) in [5, 5.41) is 3.64. The summed E-state index contributed by atoms with van der Waals surface area (Å²) in [6.07, 6.45) is 21.8. The normalized spacial score (nSPS) is 23.7. The summed E-state index contributed by atoms with van der Waals surface area (Å²) in [6.45, 7) is 10.4. The van der Waals surface area contributed by atoms with Crippen molar-refractivity contribution in [1.29, 1.82) is 0 Å². The zero-order valence-electron chi connectivity index (χ0n) is 21.0. The summed E-state index contributed by atoms with van der Waals surface area (Å²) >= 11 is 0. The average Bonchev–Trinajstić information content (AvgIpc) is 3.11. The van der Waals surface area contributed by atoms with Crippen molar-refractivity contribution < 1.29 is 0 Å². The minimum absolute atomic E-state index is 0.492. The van der Waals surface area contributed by atoms with Crippen LogP contribution in [0.1, 0.15) is 78.1 Å². The molecule has 0 aromatic carbocycles. The van der Waals surface area contributed by atoms with Crippen LogP contribution < -0.4 is 10.2 Å². The van der Waals surface area contributed by atoms with Crippen LogP contribution in [0.25, 0.3) is 0 Å². The molecule has 3 aliphatic rings. The first-order valence-electron chi connectivity index (χ1n) is 13.6. The lowest BCUT2D eigenvalue weighted by Gasteiger charge is -2.35. The number of nitrogens with one attached hydrogen (secondary N) is 1. The highest BCUT2D eigenvalue weighted by Crippen LogP contribution is 2.28. The molecule has 2 saturated heterocycles. The highest BCUT2D eigenvalue weighted by atomic mass is 15.2. The van der Waals surface area contributed by atoms with Gasteiger partial charge in [-0.05, 0) is 69.3 Å². The Morgan fingerprint density at radius 1 is 1.06 bits per heavy atom. The van der Waals surface area contributed by atoms with Crippen molar-refractivity contribution in [2.24, 2.45) is 11.8 Å². The van der Waals surface area contributed by atoms with Gasteiger partial charge in [0.1, 0.15) is 5.82 Å². The van der Waals surface area contributed by atoms with Crippen LogP contribution in [0.3, 0.4) is 0 Å². The molecule has 2 aliphatic heterocycles. The standard InChI is InChI=1S/C28H45N5/c1-23(2)8-7-9-24-10-12-25(13-11-24)22-32-20-15-26(16-21-32)30-28-29-17-14-27(31-28)33-18-5-3-4-6-19-33/h7-8,10,14,17,23,25-26H,3-6,9,11-13,15-16,18-22H2,1-2H3,(H,29,30,31). The molecule has 1 aromatic rings. The minimum Gasteiger partial charge on any atom is -0.356 e. The monoisotopic (exact) mass is 451 g/mol. The molecule has 3 heterocycles. The second-order valence-corrected chi connectivity index (χ2v) is 10.7.